The van der Waals surface area contributed by atoms with Gasteiger partial charge in [0.1, 0.15) is 0 Å². The summed E-state index contributed by atoms with van der Waals surface area (Å²) in [6.07, 6.45) is 4.70. The smallest absolute Gasteiger partial charge is 0.0600 e. The number of pyridine rings is 1. The molecule has 12 heavy (non-hydrogen) atoms. The molecule has 0 amide bonds. The van der Waals surface area contributed by atoms with Crippen LogP contribution in [0.15, 0.2) is 24.5 Å². The van der Waals surface area contributed by atoms with Gasteiger partial charge in [-0.15, -0.1) is 0 Å². The molecule has 0 aliphatic heterocycles. The van der Waals surface area contributed by atoms with Crippen molar-refractivity contribution in [3.05, 3.63) is 30.1 Å². The van der Waals surface area contributed by atoms with E-state index in [1.807, 2.05) is 24.5 Å². The molecule has 0 N–H and O–H groups in total. The van der Waals surface area contributed by atoms with Gasteiger partial charge in [0.2, 0.25) is 0 Å². The minimum absolute atomic E-state index is 0.0654. The lowest BCUT2D eigenvalue weighted by atomic mass is 10.00. The van der Waals surface area contributed by atoms with Crippen LogP contribution in [-0.2, 0) is 4.32 Å². The fraction of sp³-hybridized carbons (Fsp3) is 0.444. The molecule has 66 valence electrons. The molecule has 0 aliphatic rings. The molecule has 1 aromatic heterocycles. The second-order valence-corrected chi connectivity index (χ2v) is 4.77. The van der Waals surface area contributed by atoms with E-state index >= 15 is 0 Å². The zero-order chi connectivity index (χ0) is 9.03. The molecule has 1 aromatic rings. The van der Waals surface area contributed by atoms with Crippen molar-refractivity contribution in [2.45, 2.75) is 17.7 Å². The first-order chi connectivity index (χ1) is 5.73. The summed E-state index contributed by atoms with van der Waals surface area (Å²) in [5, 5.41) is 0.917. The number of hydrogen-bond acceptors (Lipinski definition) is 1. The van der Waals surface area contributed by atoms with Gasteiger partial charge < -0.3 is 0 Å². The Balaban J connectivity index is 2.95. The summed E-state index contributed by atoms with van der Waals surface area (Å²) in [5.41, 5.74) is 1.27. The van der Waals surface area contributed by atoms with Crippen molar-refractivity contribution in [1.29, 1.82) is 0 Å². The SMILES string of the molecule is CCC(Br)(CBr)c1ccncc1. The maximum atomic E-state index is 3.99. The summed E-state index contributed by atoms with van der Waals surface area (Å²) < 4.78 is 0.0654. The second-order valence-electron chi connectivity index (χ2n) is 2.69. The van der Waals surface area contributed by atoms with E-state index in [0.717, 1.165) is 11.8 Å². The summed E-state index contributed by atoms with van der Waals surface area (Å²) >= 11 is 7.22. The van der Waals surface area contributed by atoms with Crippen molar-refractivity contribution in [2.75, 3.05) is 5.33 Å². The molecule has 0 aromatic carbocycles. The van der Waals surface area contributed by atoms with Crippen molar-refractivity contribution in [3.8, 4) is 0 Å². The van der Waals surface area contributed by atoms with Crippen LogP contribution in [0.4, 0.5) is 0 Å². The van der Waals surface area contributed by atoms with Crippen LogP contribution in [0.1, 0.15) is 18.9 Å². The van der Waals surface area contributed by atoms with Gasteiger partial charge in [-0.3, -0.25) is 4.98 Å². The van der Waals surface area contributed by atoms with E-state index in [9.17, 15) is 0 Å². The maximum absolute atomic E-state index is 3.99. The van der Waals surface area contributed by atoms with Crippen molar-refractivity contribution in [3.63, 3.8) is 0 Å². The average molecular weight is 293 g/mol. The highest BCUT2D eigenvalue weighted by atomic mass is 79.9. The summed E-state index contributed by atoms with van der Waals surface area (Å²) in [6.45, 7) is 2.16. The number of rotatable bonds is 3. The maximum Gasteiger partial charge on any atom is 0.0600 e. The quantitative estimate of drug-likeness (QED) is 0.778. The first-order valence-corrected chi connectivity index (χ1v) is 5.80. The second kappa shape index (κ2) is 4.38. The first-order valence-electron chi connectivity index (χ1n) is 3.88. The highest BCUT2D eigenvalue weighted by Gasteiger charge is 2.24. The number of halogens is 2. The number of alkyl halides is 2. The predicted molar refractivity (Wildman–Crippen MR) is 58.9 cm³/mol. The first kappa shape index (κ1) is 10.2. The Morgan fingerprint density at radius 3 is 2.42 bits per heavy atom. The van der Waals surface area contributed by atoms with E-state index in [-0.39, 0.29) is 4.32 Å². The zero-order valence-corrected chi connectivity index (χ0v) is 10.1. The van der Waals surface area contributed by atoms with Crippen LogP contribution in [0.5, 0.6) is 0 Å². The van der Waals surface area contributed by atoms with E-state index in [2.05, 4.69) is 43.8 Å². The van der Waals surface area contributed by atoms with Crippen molar-refractivity contribution in [1.82, 2.24) is 4.98 Å². The lowest BCUT2D eigenvalue weighted by Crippen LogP contribution is -2.18. The predicted octanol–water partition coefficient (Wildman–Crippen LogP) is 3.48. The van der Waals surface area contributed by atoms with Gasteiger partial charge in [-0.25, -0.2) is 0 Å². The van der Waals surface area contributed by atoms with Gasteiger partial charge in [-0.1, -0.05) is 38.8 Å². The van der Waals surface area contributed by atoms with Crippen LogP contribution in [-0.4, -0.2) is 10.3 Å². The van der Waals surface area contributed by atoms with Gasteiger partial charge >= 0.3 is 0 Å². The van der Waals surface area contributed by atoms with Gasteiger partial charge in [0.05, 0.1) is 4.32 Å². The van der Waals surface area contributed by atoms with Crippen molar-refractivity contribution >= 4 is 31.9 Å². The van der Waals surface area contributed by atoms with Crippen LogP contribution >= 0.6 is 31.9 Å². The Labute approximate surface area is 89.8 Å². The summed E-state index contributed by atoms with van der Waals surface area (Å²) in [4.78, 5) is 3.99. The average Bonchev–Trinajstić information content (AvgIpc) is 2.18. The normalized spacial score (nSPS) is 15.6. The topological polar surface area (TPSA) is 12.9 Å². The number of hydrogen-bond donors (Lipinski definition) is 0. The Morgan fingerprint density at radius 2 is 2.00 bits per heavy atom. The Morgan fingerprint density at radius 1 is 1.42 bits per heavy atom. The summed E-state index contributed by atoms with van der Waals surface area (Å²) in [6, 6.07) is 4.08. The van der Waals surface area contributed by atoms with Crippen LogP contribution in [0.2, 0.25) is 0 Å². The molecule has 1 unspecified atom stereocenters. The van der Waals surface area contributed by atoms with E-state index in [0.29, 0.717) is 0 Å². The lowest BCUT2D eigenvalue weighted by Gasteiger charge is -2.23. The summed E-state index contributed by atoms with van der Waals surface area (Å²) in [5.74, 6) is 0. The molecule has 3 heteroatoms. The molecule has 0 bridgehead atoms. The fourth-order valence-corrected chi connectivity index (χ4v) is 2.01. The van der Waals surface area contributed by atoms with E-state index in [4.69, 9.17) is 0 Å². The largest absolute Gasteiger partial charge is 0.265 e. The van der Waals surface area contributed by atoms with Gasteiger partial charge in [0.25, 0.3) is 0 Å². The van der Waals surface area contributed by atoms with Crippen LogP contribution in [0.25, 0.3) is 0 Å². The zero-order valence-electron chi connectivity index (χ0n) is 6.93. The lowest BCUT2D eigenvalue weighted by molar-refractivity contribution is 0.695. The van der Waals surface area contributed by atoms with Crippen LogP contribution in [0.3, 0.4) is 0 Å². The molecule has 1 atom stereocenters. The molecule has 1 rings (SSSR count). The Hall–Kier alpha value is 0.110. The number of aromatic nitrogens is 1. The molecule has 1 nitrogen and oxygen atoms in total. The van der Waals surface area contributed by atoms with Crippen LogP contribution in [0, 0.1) is 0 Å². The summed E-state index contributed by atoms with van der Waals surface area (Å²) in [7, 11) is 0. The monoisotopic (exact) mass is 291 g/mol. The third-order valence-electron chi connectivity index (χ3n) is 1.97. The highest BCUT2D eigenvalue weighted by Crippen LogP contribution is 2.35. The molecule has 0 spiro atoms. The molecular formula is C9H11Br2N. The van der Waals surface area contributed by atoms with Gasteiger partial charge in [-0.2, -0.15) is 0 Å². The third kappa shape index (κ3) is 2.07. The number of nitrogens with zero attached hydrogens (tertiary/aromatic N) is 1. The van der Waals surface area contributed by atoms with E-state index < -0.39 is 0 Å². The molecular weight excluding hydrogens is 282 g/mol. The van der Waals surface area contributed by atoms with E-state index in [1.165, 1.54) is 5.56 Å². The fourth-order valence-electron chi connectivity index (χ4n) is 1.03. The molecule has 0 saturated heterocycles. The van der Waals surface area contributed by atoms with E-state index in [1.54, 1.807) is 0 Å². The van der Waals surface area contributed by atoms with Crippen molar-refractivity contribution in [2.24, 2.45) is 0 Å². The molecule has 0 aliphatic carbocycles. The van der Waals surface area contributed by atoms with Gasteiger partial charge in [-0.05, 0) is 24.1 Å². The molecule has 0 radical (unpaired) electrons. The van der Waals surface area contributed by atoms with Crippen molar-refractivity contribution < 1.29 is 0 Å². The van der Waals surface area contributed by atoms with Gasteiger partial charge in [0, 0.05) is 17.7 Å². The molecule has 0 saturated carbocycles. The minimum Gasteiger partial charge on any atom is -0.265 e. The molecule has 0 fully saturated rings. The minimum atomic E-state index is 0.0654. The van der Waals surface area contributed by atoms with Crippen LogP contribution < -0.4 is 0 Å². The standard InChI is InChI=1S/C9H11Br2N/c1-2-9(11,7-10)8-3-5-12-6-4-8/h3-6H,2,7H2,1H3. The Kier molecular flexibility index (Phi) is 3.72. The third-order valence-corrected chi connectivity index (χ3v) is 4.98. The Bertz CT molecular complexity index is 232. The molecule has 1 heterocycles. The highest BCUT2D eigenvalue weighted by molar-refractivity contribution is 9.12. The van der Waals surface area contributed by atoms with Gasteiger partial charge in [0.15, 0.2) is 0 Å².